The minimum absolute atomic E-state index is 0.107. The zero-order chi connectivity index (χ0) is 14.3. The van der Waals surface area contributed by atoms with Gasteiger partial charge in [-0.1, -0.05) is 13.3 Å². The Morgan fingerprint density at radius 3 is 3.05 bits per heavy atom. The Balaban J connectivity index is 1.75. The summed E-state index contributed by atoms with van der Waals surface area (Å²) >= 11 is 1.67. The molecule has 1 aliphatic heterocycles. The molecule has 1 amide bonds. The highest BCUT2D eigenvalue weighted by Crippen LogP contribution is 2.34. The number of likely N-dealkylation sites (tertiary alicyclic amines) is 1. The molecule has 1 aromatic heterocycles. The standard InChI is InChI=1S/C16H23NO2S/c1-3-11-4-5-13-12(8-11)9-14(20-13)15(18)17-7-6-16(2,19)10-17/h9,11,19H,3-8,10H2,1-2H3. The number of nitrogens with zero attached hydrogens (tertiary/aromatic N) is 1. The van der Waals surface area contributed by atoms with Gasteiger partial charge in [0, 0.05) is 18.0 Å². The fraction of sp³-hybridized carbons (Fsp3) is 0.688. The highest BCUT2D eigenvalue weighted by Gasteiger charge is 2.35. The first-order valence-corrected chi connectivity index (χ1v) is 8.43. The summed E-state index contributed by atoms with van der Waals surface area (Å²) < 4.78 is 0. The number of carbonyl (C=O) groups excluding carboxylic acids is 1. The summed E-state index contributed by atoms with van der Waals surface area (Å²) in [4.78, 5) is 16.6. The lowest BCUT2D eigenvalue weighted by Crippen LogP contribution is -2.33. The van der Waals surface area contributed by atoms with E-state index >= 15 is 0 Å². The van der Waals surface area contributed by atoms with Crippen molar-refractivity contribution in [2.45, 2.75) is 51.6 Å². The Kier molecular flexibility index (Phi) is 3.63. The molecular formula is C16H23NO2S. The minimum Gasteiger partial charge on any atom is -0.388 e. The van der Waals surface area contributed by atoms with E-state index in [4.69, 9.17) is 0 Å². The summed E-state index contributed by atoms with van der Waals surface area (Å²) in [5.41, 5.74) is 0.683. The van der Waals surface area contributed by atoms with Gasteiger partial charge in [0.25, 0.3) is 5.91 Å². The zero-order valence-electron chi connectivity index (χ0n) is 12.3. The molecule has 0 spiro atoms. The van der Waals surface area contributed by atoms with Crippen molar-refractivity contribution in [3.63, 3.8) is 0 Å². The third kappa shape index (κ3) is 2.63. The largest absolute Gasteiger partial charge is 0.388 e. The number of rotatable bonds is 2. The van der Waals surface area contributed by atoms with Gasteiger partial charge in [-0.15, -0.1) is 11.3 Å². The van der Waals surface area contributed by atoms with Crippen LogP contribution in [0.3, 0.4) is 0 Å². The zero-order valence-corrected chi connectivity index (χ0v) is 13.1. The second-order valence-corrected chi connectivity index (χ2v) is 7.69. The molecule has 3 nitrogen and oxygen atoms in total. The topological polar surface area (TPSA) is 40.5 Å². The lowest BCUT2D eigenvalue weighted by molar-refractivity contribution is 0.0575. The third-order valence-corrected chi connectivity index (χ3v) is 5.94. The Labute approximate surface area is 124 Å². The van der Waals surface area contributed by atoms with E-state index in [0.29, 0.717) is 19.5 Å². The molecule has 1 saturated heterocycles. The van der Waals surface area contributed by atoms with E-state index < -0.39 is 5.60 Å². The van der Waals surface area contributed by atoms with E-state index in [1.165, 1.54) is 23.3 Å². The Hall–Kier alpha value is -0.870. The van der Waals surface area contributed by atoms with Gasteiger partial charge in [0.2, 0.25) is 0 Å². The Morgan fingerprint density at radius 2 is 2.40 bits per heavy atom. The van der Waals surface area contributed by atoms with E-state index in [2.05, 4.69) is 13.0 Å². The van der Waals surface area contributed by atoms with Crippen LogP contribution in [0.1, 0.15) is 53.2 Å². The van der Waals surface area contributed by atoms with Gasteiger partial charge < -0.3 is 10.0 Å². The van der Waals surface area contributed by atoms with Crippen LogP contribution < -0.4 is 0 Å². The fourth-order valence-corrected chi connectivity index (χ4v) is 4.50. The maximum absolute atomic E-state index is 12.5. The number of hydrogen-bond donors (Lipinski definition) is 1. The van der Waals surface area contributed by atoms with Crippen LogP contribution in [-0.2, 0) is 12.8 Å². The summed E-state index contributed by atoms with van der Waals surface area (Å²) in [6, 6.07) is 2.11. The van der Waals surface area contributed by atoms with E-state index in [1.54, 1.807) is 16.2 Å². The molecule has 20 heavy (non-hydrogen) atoms. The molecule has 4 heteroatoms. The van der Waals surface area contributed by atoms with E-state index in [-0.39, 0.29) is 5.91 Å². The van der Waals surface area contributed by atoms with E-state index in [9.17, 15) is 9.90 Å². The second kappa shape index (κ2) is 5.15. The molecule has 0 bridgehead atoms. The molecule has 0 aromatic carbocycles. The quantitative estimate of drug-likeness (QED) is 0.911. The van der Waals surface area contributed by atoms with Crippen LogP contribution in [0.4, 0.5) is 0 Å². The summed E-state index contributed by atoms with van der Waals surface area (Å²) in [6.07, 6.45) is 5.43. The van der Waals surface area contributed by atoms with Crippen LogP contribution in [0.5, 0.6) is 0 Å². The third-order valence-electron chi connectivity index (χ3n) is 4.71. The number of aryl methyl sites for hydroxylation is 1. The number of amides is 1. The van der Waals surface area contributed by atoms with Crippen LogP contribution >= 0.6 is 11.3 Å². The first-order valence-electron chi connectivity index (χ1n) is 7.62. The SMILES string of the molecule is CCC1CCc2sc(C(=O)N3CCC(C)(O)C3)cc2C1. The smallest absolute Gasteiger partial charge is 0.264 e. The average Bonchev–Trinajstić information content (AvgIpc) is 2.99. The Morgan fingerprint density at radius 1 is 1.60 bits per heavy atom. The first-order chi connectivity index (χ1) is 9.48. The van der Waals surface area contributed by atoms with Crippen molar-refractivity contribution in [3.8, 4) is 0 Å². The normalized spacial score (nSPS) is 29.6. The molecule has 2 unspecified atom stereocenters. The van der Waals surface area contributed by atoms with Crippen LogP contribution in [0.2, 0.25) is 0 Å². The van der Waals surface area contributed by atoms with Crippen LogP contribution in [0.15, 0.2) is 6.07 Å². The monoisotopic (exact) mass is 293 g/mol. The van der Waals surface area contributed by atoms with Crippen molar-refractivity contribution in [2.24, 2.45) is 5.92 Å². The molecule has 0 radical (unpaired) electrons. The molecule has 1 aromatic rings. The van der Waals surface area contributed by atoms with Crippen molar-refractivity contribution in [1.29, 1.82) is 0 Å². The average molecular weight is 293 g/mol. The van der Waals surface area contributed by atoms with Gasteiger partial charge in [-0.25, -0.2) is 0 Å². The van der Waals surface area contributed by atoms with Crippen molar-refractivity contribution < 1.29 is 9.90 Å². The molecule has 2 aliphatic rings. The van der Waals surface area contributed by atoms with Crippen molar-refractivity contribution in [3.05, 3.63) is 21.4 Å². The predicted molar refractivity (Wildman–Crippen MR) is 81.3 cm³/mol. The number of β-amino-alcohol motifs (C(OH)–C–C–N with tert-alkyl or cyclic N) is 1. The van der Waals surface area contributed by atoms with Gasteiger partial charge in [-0.2, -0.15) is 0 Å². The number of carbonyl (C=O) groups is 1. The first kappa shape index (κ1) is 14.1. The molecule has 1 aliphatic carbocycles. The maximum Gasteiger partial charge on any atom is 0.264 e. The van der Waals surface area contributed by atoms with Crippen LogP contribution in [0.25, 0.3) is 0 Å². The van der Waals surface area contributed by atoms with Gasteiger partial charge >= 0.3 is 0 Å². The molecule has 2 atom stereocenters. The number of hydrogen-bond acceptors (Lipinski definition) is 3. The minimum atomic E-state index is -0.708. The number of fused-ring (bicyclic) bond motifs is 1. The summed E-state index contributed by atoms with van der Waals surface area (Å²) in [7, 11) is 0. The van der Waals surface area contributed by atoms with Gasteiger partial charge in [0.1, 0.15) is 0 Å². The van der Waals surface area contributed by atoms with Gasteiger partial charge in [-0.05, 0) is 50.2 Å². The molecular weight excluding hydrogens is 270 g/mol. The fourth-order valence-electron chi connectivity index (χ4n) is 3.33. The Bertz CT molecular complexity index is 521. The summed E-state index contributed by atoms with van der Waals surface area (Å²) in [6.45, 7) is 5.20. The van der Waals surface area contributed by atoms with Gasteiger partial charge in [-0.3, -0.25) is 4.79 Å². The summed E-state index contributed by atoms with van der Waals surface area (Å²) in [5.74, 6) is 0.891. The molecule has 1 N–H and O–H groups in total. The van der Waals surface area contributed by atoms with Gasteiger partial charge in [0.15, 0.2) is 0 Å². The van der Waals surface area contributed by atoms with Crippen molar-refractivity contribution >= 4 is 17.2 Å². The molecule has 0 saturated carbocycles. The van der Waals surface area contributed by atoms with Crippen LogP contribution in [-0.4, -0.2) is 34.6 Å². The van der Waals surface area contributed by atoms with Gasteiger partial charge in [0.05, 0.1) is 10.5 Å². The van der Waals surface area contributed by atoms with Crippen LogP contribution in [0, 0.1) is 5.92 Å². The molecule has 110 valence electrons. The van der Waals surface area contributed by atoms with E-state index in [0.717, 1.165) is 23.6 Å². The number of aliphatic hydroxyl groups is 1. The lowest BCUT2D eigenvalue weighted by Gasteiger charge is -2.19. The van der Waals surface area contributed by atoms with E-state index in [1.807, 2.05) is 6.92 Å². The lowest BCUT2D eigenvalue weighted by atomic mass is 9.87. The molecule has 1 fully saturated rings. The highest BCUT2D eigenvalue weighted by atomic mass is 32.1. The van der Waals surface area contributed by atoms with Crippen molar-refractivity contribution in [2.75, 3.05) is 13.1 Å². The number of thiophene rings is 1. The molecule has 2 heterocycles. The predicted octanol–water partition coefficient (Wildman–Crippen LogP) is 2.86. The maximum atomic E-state index is 12.5. The van der Waals surface area contributed by atoms with Crippen molar-refractivity contribution in [1.82, 2.24) is 4.90 Å². The highest BCUT2D eigenvalue weighted by molar-refractivity contribution is 7.14. The summed E-state index contributed by atoms with van der Waals surface area (Å²) in [5, 5.41) is 10.00. The molecule has 3 rings (SSSR count). The second-order valence-electron chi connectivity index (χ2n) is 6.55.